The molecule has 4 atom stereocenters. The summed E-state index contributed by atoms with van der Waals surface area (Å²) < 4.78 is 6.60. The number of aryl methyl sites for hydroxylation is 1. The second kappa shape index (κ2) is 15.1. The van der Waals surface area contributed by atoms with Crippen LogP contribution in [0.3, 0.4) is 0 Å². The maximum atomic E-state index is 13.0. The van der Waals surface area contributed by atoms with Gasteiger partial charge in [0.1, 0.15) is 11.3 Å². The molecule has 7 rings (SSSR count). The Morgan fingerprint density at radius 1 is 1.10 bits per heavy atom. The number of hydrogen-bond donors (Lipinski definition) is 3. The summed E-state index contributed by atoms with van der Waals surface area (Å²) in [6.45, 7) is 9.16. The number of benzene rings is 2. The molecule has 274 valence electrons. The van der Waals surface area contributed by atoms with E-state index in [2.05, 4.69) is 59.2 Å². The molecule has 0 amide bonds. The van der Waals surface area contributed by atoms with Gasteiger partial charge in [-0.1, -0.05) is 49.7 Å². The van der Waals surface area contributed by atoms with Crippen LogP contribution in [0.15, 0.2) is 54.7 Å². The number of ether oxygens (including phenoxy) is 1. The number of nitrogens with zero attached hydrogens (tertiary/aromatic N) is 3. The van der Waals surface area contributed by atoms with Crippen molar-refractivity contribution in [2.45, 2.75) is 94.5 Å². The summed E-state index contributed by atoms with van der Waals surface area (Å²) in [6.07, 6.45) is 9.82. The molecule has 0 radical (unpaired) electrons. The maximum absolute atomic E-state index is 13.0. The van der Waals surface area contributed by atoms with Crippen molar-refractivity contribution in [1.29, 1.82) is 0 Å². The van der Waals surface area contributed by atoms with Crippen LogP contribution in [-0.2, 0) is 23.1 Å². The van der Waals surface area contributed by atoms with Crippen LogP contribution in [-0.4, -0.2) is 82.9 Å². The van der Waals surface area contributed by atoms with Gasteiger partial charge in [-0.25, -0.2) is 4.79 Å². The van der Waals surface area contributed by atoms with E-state index in [1.807, 2.05) is 36.5 Å². The molecule has 3 N–H and O–H groups in total. The average Bonchev–Trinajstić information content (AvgIpc) is 3.40. The van der Waals surface area contributed by atoms with Gasteiger partial charge < -0.3 is 25.2 Å². The number of rotatable bonds is 11. The van der Waals surface area contributed by atoms with Gasteiger partial charge in [0, 0.05) is 54.3 Å². The summed E-state index contributed by atoms with van der Waals surface area (Å²) in [4.78, 5) is 22.5. The standard InChI is InChI=1S/C42H55ClN4O4/c1-28(27-51-38-12-17-44-36-9-4-6-29(2)39(36)38)22-32-23-30-10-11-31(37(26-48)47-20-18-46(3)19-21-47)24-35(30)41(32)13-15-42(16-14-41,40(49)50)45-34-8-5-7-33(43)25-34/h5,7-8,10-12,17,24-25,28-29,32,37,45,48H,4,6,9,13-16,18-23,26-27H2,1-3H3,(H,49,50)/t28-,29-,32+,37?,41?,42?/m1/s1. The number of carbonyl (C=O) groups is 1. The molecule has 2 aromatic carbocycles. The van der Waals surface area contributed by atoms with Crippen LogP contribution in [0.5, 0.6) is 5.75 Å². The third-order valence-electron chi connectivity index (χ3n) is 12.9. The Hall–Kier alpha value is -3.17. The van der Waals surface area contributed by atoms with Gasteiger partial charge in [-0.3, -0.25) is 9.88 Å². The first kappa shape index (κ1) is 36.2. The first-order valence-corrected chi connectivity index (χ1v) is 19.5. The van der Waals surface area contributed by atoms with Crippen molar-refractivity contribution in [1.82, 2.24) is 14.8 Å². The first-order valence-electron chi connectivity index (χ1n) is 19.2. The molecule has 1 saturated heterocycles. The van der Waals surface area contributed by atoms with E-state index in [9.17, 15) is 15.0 Å². The number of carboxylic acid groups (broad SMARTS) is 1. The van der Waals surface area contributed by atoms with Crippen molar-refractivity contribution in [3.63, 3.8) is 0 Å². The predicted molar refractivity (Wildman–Crippen MR) is 203 cm³/mol. The van der Waals surface area contributed by atoms with Gasteiger partial charge in [-0.15, -0.1) is 0 Å². The van der Waals surface area contributed by atoms with Crippen molar-refractivity contribution in [3.05, 3.63) is 87.7 Å². The second-order valence-electron chi connectivity index (χ2n) is 16.1. The molecule has 3 aromatic rings. The topological polar surface area (TPSA) is 98.2 Å². The van der Waals surface area contributed by atoms with E-state index in [1.165, 1.54) is 40.8 Å². The molecule has 1 aliphatic heterocycles. The summed E-state index contributed by atoms with van der Waals surface area (Å²) in [7, 11) is 2.16. The number of carboxylic acids is 1. The van der Waals surface area contributed by atoms with Crippen molar-refractivity contribution in [2.24, 2.45) is 11.8 Å². The van der Waals surface area contributed by atoms with E-state index in [4.69, 9.17) is 16.3 Å². The molecule has 3 aliphatic carbocycles. The number of hydrogen-bond acceptors (Lipinski definition) is 7. The minimum absolute atomic E-state index is 0.0488. The number of aliphatic hydroxyl groups excluding tert-OH is 1. The number of halogens is 1. The fourth-order valence-corrected chi connectivity index (χ4v) is 10.1. The van der Waals surface area contributed by atoms with Gasteiger partial charge >= 0.3 is 5.97 Å². The van der Waals surface area contributed by atoms with Crippen LogP contribution in [0.25, 0.3) is 0 Å². The van der Waals surface area contributed by atoms with E-state index >= 15 is 0 Å². The number of nitrogens with one attached hydrogen (secondary N) is 1. The Labute approximate surface area is 308 Å². The van der Waals surface area contributed by atoms with Gasteiger partial charge in [0.2, 0.25) is 0 Å². The predicted octanol–water partition coefficient (Wildman–Crippen LogP) is 7.48. The molecule has 1 saturated carbocycles. The highest BCUT2D eigenvalue weighted by molar-refractivity contribution is 6.30. The lowest BCUT2D eigenvalue weighted by molar-refractivity contribution is -0.144. The summed E-state index contributed by atoms with van der Waals surface area (Å²) in [5.41, 5.74) is 5.90. The van der Waals surface area contributed by atoms with E-state index in [-0.39, 0.29) is 18.1 Å². The van der Waals surface area contributed by atoms with Gasteiger partial charge in [0.15, 0.2) is 0 Å². The molecule has 8 nitrogen and oxygen atoms in total. The average molecular weight is 715 g/mol. The summed E-state index contributed by atoms with van der Waals surface area (Å²) in [6, 6.07) is 16.3. The quantitative estimate of drug-likeness (QED) is 0.188. The highest BCUT2D eigenvalue weighted by Gasteiger charge is 2.54. The molecule has 0 bridgehead atoms. The Kier molecular flexibility index (Phi) is 10.7. The normalized spacial score (nSPS) is 27.8. The lowest BCUT2D eigenvalue weighted by Gasteiger charge is -2.47. The van der Waals surface area contributed by atoms with Gasteiger partial charge in [-0.05, 0) is 129 Å². The monoisotopic (exact) mass is 714 g/mol. The second-order valence-corrected chi connectivity index (χ2v) is 16.6. The molecular formula is C42H55ClN4O4. The SMILES string of the molecule is C[C@@H](COc1ccnc2c1[C@H](C)CCC2)C[C@H]1Cc2ccc(C(CO)N3CCN(C)CC3)cc2C12CCC(Nc1cccc(Cl)c1)(C(=O)O)CC2. The molecule has 2 fully saturated rings. The van der Waals surface area contributed by atoms with E-state index in [0.29, 0.717) is 42.2 Å². The van der Waals surface area contributed by atoms with E-state index < -0.39 is 11.5 Å². The van der Waals surface area contributed by atoms with Crippen LogP contribution >= 0.6 is 11.6 Å². The lowest BCUT2D eigenvalue weighted by atomic mass is 9.59. The molecule has 1 aromatic heterocycles. The lowest BCUT2D eigenvalue weighted by Crippen LogP contribution is -2.53. The van der Waals surface area contributed by atoms with Gasteiger partial charge in [0.25, 0.3) is 0 Å². The van der Waals surface area contributed by atoms with Crippen LogP contribution in [0.2, 0.25) is 5.02 Å². The minimum Gasteiger partial charge on any atom is -0.493 e. The number of aromatic nitrogens is 1. The number of aliphatic hydroxyl groups is 1. The van der Waals surface area contributed by atoms with Crippen LogP contribution < -0.4 is 10.1 Å². The third kappa shape index (κ3) is 7.26. The first-order chi connectivity index (χ1) is 24.6. The van der Waals surface area contributed by atoms with Crippen LogP contribution in [0, 0.1) is 11.8 Å². The molecule has 9 heteroatoms. The summed E-state index contributed by atoms with van der Waals surface area (Å²) >= 11 is 6.31. The Morgan fingerprint density at radius 2 is 1.88 bits per heavy atom. The molecule has 1 spiro atoms. The number of likely N-dealkylation sites (N-methyl/N-ethyl adjacent to an activating group) is 1. The van der Waals surface area contributed by atoms with Crippen molar-refractivity contribution in [2.75, 3.05) is 51.8 Å². The number of pyridine rings is 1. The fourth-order valence-electron chi connectivity index (χ4n) is 9.89. The number of fused-ring (bicyclic) bond motifs is 3. The van der Waals surface area contributed by atoms with E-state index in [1.54, 1.807) is 0 Å². The third-order valence-corrected chi connectivity index (χ3v) is 13.1. The largest absolute Gasteiger partial charge is 0.493 e. The molecule has 2 heterocycles. The number of aliphatic carboxylic acids is 1. The highest BCUT2D eigenvalue weighted by Crippen LogP contribution is 2.56. The molecule has 1 unspecified atom stereocenters. The smallest absolute Gasteiger partial charge is 0.329 e. The number of piperazine rings is 1. The maximum Gasteiger partial charge on any atom is 0.329 e. The summed E-state index contributed by atoms with van der Waals surface area (Å²) in [5, 5.41) is 25.4. The Bertz CT molecular complexity index is 1700. The van der Waals surface area contributed by atoms with Gasteiger partial charge in [0.05, 0.1) is 19.3 Å². The van der Waals surface area contributed by atoms with Crippen LogP contribution in [0.4, 0.5) is 5.69 Å². The zero-order valence-corrected chi connectivity index (χ0v) is 31.3. The van der Waals surface area contributed by atoms with Crippen molar-refractivity contribution < 1.29 is 19.7 Å². The molecule has 4 aliphatic rings. The Morgan fingerprint density at radius 3 is 2.61 bits per heavy atom. The summed E-state index contributed by atoms with van der Waals surface area (Å²) in [5.74, 6) is 1.31. The highest BCUT2D eigenvalue weighted by atomic mass is 35.5. The van der Waals surface area contributed by atoms with Crippen LogP contribution in [0.1, 0.15) is 98.7 Å². The fraction of sp³-hybridized carbons (Fsp3) is 0.571. The Balaban J connectivity index is 1.16. The molecular weight excluding hydrogens is 660 g/mol. The van der Waals surface area contributed by atoms with E-state index in [0.717, 1.165) is 69.7 Å². The zero-order valence-electron chi connectivity index (χ0n) is 30.5. The number of anilines is 1. The molecule has 51 heavy (non-hydrogen) atoms. The zero-order chi connectivity index (χ0) is 35.8. The van der Waals surface area contributed by atoms with Crippen molar-refractivity contribution >= 4 is 23.3 Å². The van der Waals surface area contributed by atoms with Crippen molar-refractivity contribution in [3.8, 4) is 5.75 Å². The van der Waals surface area contributed by atoms with Gasteiger partial charge in [-0.2, -0.15) is 0 Å². The minimum atomic E-state index is -1.07.